The van der Waals surface area contributed by atoms with Gasteiger partial charge in [-0.3, -0.25) is 9.36 Å². The monoisotopic (exact) mass is 460 g/mol. The highest BCUT2D eigenvalue weighted by molar-refractivity contribution is 7.99. The fraction of sp³-hybridized carbons (Fsp3) is 0.318. The van der Waals surface area contributed by atoms with E-state index in [9.17, 15) is 4.79 Å². The van der Waals surface area contributed by atoms with Crippen molar-refractivity contribution in [3.05, 3.63) is 64.1 Å². The molecule has 1 saturated carbocycles. The normalized spacial score (nSPS) is 14.2. The van der Waals surface area contributed by atoms with Gasteiger partial charge in [0.15, 0.2) is 11.0 Å². The smallest absolute Gasteiger partial charge is 0.230 e. The standard InChI is InChI=1S/C22H22Cl2N4OS/c23-16-7-5-6-15(12-16)13-25-20(29)14-30-22-27-26-21(18-10-3-4-11-19(18)24)28(22)17-8-1-2-9-17/h3-7,10-12,17H,1-2,8-9,13-14H2,(H,25,29). The molecule has 30 heavy (non-hydrogen) atoms. The summed E-state index contributed by atoms with van der Waals surface area (Å²) >= 11 is 13.8. The zero-order valence-electron chi connectivity index (χ0n) is 16.4. The number of hydrogen-bond donors (Lipinski definition) is 1. The molecule has 4 rings (SSSR count). The molecule has 1 heterocycles. The second-order valence-electron chi connectivity index (χ2n) is 7.29. The summed E-state index contributed by atoms with van der Waals surface area (Å²) in [6.07, 6.45) is 4.55. The number of amides is 1. The minimum Gasteiger partial charge on any atom is -0.351 e. The van der Waals surface area contributed by atoms with Crippen LogP contribution in [0.5, 0.6) is 0 Å². The highest BCUT2D eigenvalue weighted by Gasteiger charge is 2.26. The van der Waals surface area contributed by atoms with Gasteiger partial charge in [-0.05, 0) is 42.7 Å². The Bertz CT molecular complexity index is 1030. The number of hydrogen-bond acceptors (Lipinski definition) is 4. The molecule has 0 spiro atoms. The third-order valence-corrected chi connectivity index (χ3v) is 6.69. The summed E-state index contributed by atoms with van der Waals surface area (Å²) in [6.45, 7) is 0.445. The molecule has 3 aromatic rings. The van der Waals surface area contributed by atoms with Crippen LogP contribution in [-0.4, -0.2) is 26.4 Å². The van der Waals surface area contributed by atoms with Crippen molar-refractivity contribution in [1.29, 1.82) is 0 Å². The topological polar surface area (TPSA) is 59.8 Å². The summed E-state index contributed by atoms with van der Waals surface area (Å²) in [7, 11) is 0. The van der Waals surface area contributed by atoms with Crippen molar-refractivity contribution in [2.24, 2.45) is 0 Å². The average Bonchev–Trinajstić information content (AvgIpc) is 3.40. The second kappa shape index (κ2) is 9.86. The molecule has 0 saturated heterocycles. The summed E-state index contributed by atoms with van der Waals surface area (Å²) in [6, 6.07) is 15.5. The van der Waals surface area contributed by atoms with E-state index in [2.05, 4.69) is 20.1 Å². The van der Waals surface area contributed by atoms with Crippen LogP contribution in [0.25, 0.3) is 11.4 Å². The van der Waals surface area contributed by atoms with Crippen LogP contribution in [0.4, 0.5) is 0 Å². The van der Waals surface area contributed by atoms with Gasteiger partial charge in [-0.25, -0.2) is 0 Å². The molecule has 1 N–H and O–H groups in total. The van der Waals surface area contributed by atoms with Crippen LogP contribution in [0.1, 0.15) is 37.3 Å². The van der Waals surface area contributed by atoms with Crippen molar-refractivity contribution in [3.63, 3.8) is 0 Å². The number of nitrogens with one attached hydrogen (secondary N) is 1. The van der Waals surface area contributed by atoms with Crippen molar-refractivity contribution < 1.29 is 4.79 Å². The molecular weight excluding hydrogens is 439 g/mol. The van der Waals surface area contributed by atoms with Gasteiger partial charge in [0.2, 0.25) is 5.91 Å². The number of carbonyl (C=O) groups is 1. The lowest BCUT2D eigenvalue weighted by Gasteiger charge is -2.17. The van der Waals surface area contributed by atoms with E-state index in [0.717, 1.165) is 34.9 Å². The minimum absolute atomic E-state index is 0.0553. The van der Waals surface area contributed by atoms with Gasteiger partial charge in [0.25, 0.3) is 0 Å². The molecule has 1 fully saturated rings. The maximum atomic E-state index is 12.4. The molecule has 0 radical (unpaired) electrons. The van der Waals surface area contributed by atoms with Gasteiger partial charge in [-0.2, -0.15) is 0 Å². The highest BCUT2D eigenvalue weighted by atomic mass is 35.5. The molecule has 1 aliphatic carbocycles. The molecule has 0 aliphatic heterocycles. The zero-order chi connectivity index (χ0) is 20.9. The lowest BCUT2D eigenvalue weighted by atomic mass is 10.2. The Morgan fingerprint density at radius 3 is 2.67 bits per heavy atom. The first-order chi connectivity index (χ1) is 14.6. The Morgan fingerprint density at radius 2 is 1.90 bits per heavy atom. The quantitative estimate of drug-likeness (QED) is 0.454. The van der Waals surface area contributed by atoms with Gasteiger partial charge in [0, 0.05) is 23.2 Å². The molecule has 2 aromatic carbocycles. The molecule has 0 bridgehead atoms. The van der Waals surface area contributed by atoms with E-state index in [-0.39, 0.29) is 11.7 Å². The van der Waals surface area contributed by atoms with Gasteiger partial charge in [-0.15, -0.1) is 10.2 Å². The average molecular weight is 461 g/mol. The second-order valence-corrected chi connectivity index (χ2v) is 9.08. The third kappa shape index (κ3) is 4.99. The molecule has 5 nitrogen and oxygen atoms in total. The summed E-state index contributed by atoms with van der Waals surface area (Å²) < 4.78 is 2.17. The van der Waals surface area contributed by atoms with Crippen LogP contribution in [0.15, 0.2) is 53.7 Å². The first-order valence-electron chi connectivity index (χ1n) is 9.95. The predicted molar refractivity (Wildman–Crippen MR) is 122 cm³/mol. The summed E-state index contributed by atoms with van der Waals surface area (Å²) in [5.74, 6) is 0.989. The third-order valence-electron chi connectivity index (χ3n) is 5.18. The summed E-state index contributed by atoms with van der Waals surface area (Å²) in [5.41, 5.74) is 1.84. The van der Waals surface area contributed by atoms with Crippen LogP contribution in [-0.2, 0) is 11.3 Å². The Kier molecular flexibility index (Phi) is 6.97. The zero-order valence-corrected chi connectivity index (χ0v) is 18.7. The van der Waals surface area contributed by atoms with Gasteiger partial charge in [0.05, 0.1) is 10.8 Å². The molecule has 156 valence electrons. The van der Waals surface area contributed by atoms with Gasteiger partial charge in [0.1, 0.15) is 0 Å². The van der Waals surface area contributed by atoms with Crippen LogP contribution in [0.3, 0.4) is 0 Å². The molecule has 1 aromatic heterocycles. The van der Waals surface area contributed by atoms with E-state index >= 15 is 0 Å². The molecular formula is C22H22Cl2N4OS. The van der Waals surface area contributed by atoms with E-state index in [0.29, 0.717) is 22.6 Å². The van der Waals surface area contributed by atoms with E-state index < -0.39 is 0 Å². The lowest BCUT2D eigenvalue weighted by Crippen LogP contribution is -2.24. The predicted octanol–water partition coefficient (Wildman–Crippen LogP) is 5.78. The number of nitrogens with zero attached hydrogens (tertiary/aromatic N) is 3. The van der Waals surface area contributed by atoms with Crippen LogP contribution < -0.4 is 5.32 Å². The molecule has 8 heteroatoms. The Balaban J connectivity index is 1.47. The summed E-state index contributed by atoms with van der Waals surface area (Å²) in [5, 5.41) is 13.8. The lowest BCUT2D eigenvalue weighted by molar-refractivity contribution is -0.118. The largest absolute Gasteiger partial charge is 0.351 e. The van der Waals surface area contributed by atoms with Gasteiger partial charge >= 0.3 is 0 Å². The van der Waals surface area contributed by atoms with Crippen molar-refractivity contribution >= 4 is 40.9 Å². The first-order valence-corrected chi connectivity index (χ1v) is 11.7. The van der Waals surface area contributed by atoms with Crippen LogP contribution in [0, 0.1) is 0 Å². The SMILES string of the molecule is O=C(CSc1nnc(-c2ccccc2Cl)n1C1CCCC1)NCc1cccc(Cl)c1. The number of carbonyl (C=O) groups excluding carboxylic acids is 1. The first kappa shape index (κ1) is 21.2. The number of thioether (sulfide) groups is 1. The van der Waals surface area contributed by atoms with Crippen LogP contribution in [0.2, 0.25) is 10.0 Å². The maximum Gasteiger partial charge on any atom is 0.230 e. The van der Waals surface area contributed by atoms with Crippen LogP contribution >= 0.6 is 35.0 Å². The van der Waals surface area contributed by atoms with E-state index in [4.69, 9.17) is 23.2 Å². The Morgan fingerprint density at radius 1 is 1.10 bits per heavy atom. The van der Waals surface area contributed by atoms with Gasteiger partial charge < -0.3 is 5.32 Å². The number of rotatable bonds is 7. The molecule has 0 atom stereocenters. The number of aromatic nitrogens is 3. The maximum absolute atomic E-state index is 12.4. The number of benzene rings is 2. The molecule has 1 amide bonds. The fourth-order valence-corrected chi connectivity index (χ4v) is 4.99. The van der Waals surface area contributed by atoms with E-state index in [1.165, 1.54) is 24.6 Å². The molecule has 0 unspecified atom stereocenters. The van der Waals surface area contributed by atoms with Gasteiger partial charge in [-0.1, -0.05) is 72.1 Å². The summed E-state index contributed by atoms with van der Waals surface area (Å²) in [4.78, 5) is 12.4. The minimum atomic E-state index is -0.0553. The van der Waals surface area contributed by atoms with Crippen molar-refractivity contribution in [1.82, 2.24) is 20.1 Å². The van der Waals surface area contributed by atoms with E-state index in [1.54, 1.807) is 0 Å². The van der Waals surface area contributed by atoms with E-state index in [1.807, 2.05) is 48.5 Å². The Hall–Kier alpha value is -2.02. The van der Waals surface area contributed by atoms with Crippen molar-refractivity contribution in [2.45, 2.75) is 43.4 Å². The van der Waals surface area contributed by atoms with Crippen molar-refractivity contribution in [2.75, 3.05) is 5.75 Å². The Labute approximate surface area is 190 Å². The highest BCUT2D eigenvalue weighted by Crippen LogP contribution is 2.38. The van der Waals surface area contributed by atoms with Crippen molar-refractivity contribution in [3.8, 4) is 11.4 Å². The fourth-order valence-electron chi connectivity index (χ4n) is 3.72. The number of halogens is 2. The molecule has 1 aliphatic rings.